The lowest BCUT2D eigenvalue weighted by Gasteiger charge is -2.64. The fraction of sp³-hybridized carbons (Fsp3) is 0.593. The van der Waals surface area contributed by atoms with E-state index >= 15 is 4.39 Å². The summed E-state index contributed by atoms with van der Waals surface area (Å²) >= 11 is 7.37. The highest BCUT2D eigenvalue weighted by Gasteiger charge is 2.78. The van der Waals surface area contributed by atoms with Gasteiger partial charge in [0.1, 0.15) is 6.17 Å². The van der Waals surface area contributed by atoms with Crippen molar-refractivity contribution in [2.24, 2.45) is 28.6 Å². The first kappa shape index (κ1) is 25.2. The fourth-order valence-corrected chi connectivity index (χ4v) is 8.45. The normalized spacial score (nSPS) is 45.2. The zero-order valence-electron chi connectivity index (χ0n) is 20.6. The van der Waals surface area contributed by atoms with Gasteiger partial charge >= 0.3 is 11.9 Å². The minimum absolute atomic E-state index is 0.00412. The zero-order valence-corrected chi connectivity index (χ0v) is 21.4. The number of rotatable bonds is 3. The van der Waals surface area contributed by atoms with Crippen LogP contribution in [0.15, 0.2) is 46.6 Å². The van der Waals surface area contributed by atoms with Crippen molar-refractivity contribution in [1.29, 1.82) is 0 Å². The summed E-state index contributed by atoms with van der Waals surface area (Å²) in [4.78, 5) is 37.3. The number of carbonyl (C=O) groups is 3. The van der Waals surface area contributed by atoms with Crippen LogP contribution in [0.1, 0.15) is 50.6 Å². The van der Waals surface area contributed by atoms with Gasteiger partial charge in [0.25, 0.3) is 0 Å². The molecular formula is C27H30ClFO7. The minimum Gasteiger partial charge on any atom is -0.466 e. The lowest BCUT2D eigenvalue weighted by molar-refractivity contribution is -0.199. The van der Waals surface area contributed by atoms with E-state index in [1.165, 1.54) is 37.7 Å². The molecule has 3 fully saturated rings. The highest BCUT2D eigenvalue weighted by atomic mass is 35.5. The molecule has 0 aromatic carbocycles. The van der Waals surface area contributed by atoms with Gasteiger partial charge in [0.05, 0.1) is 24.4 Å². The van der Waals surface area contributed by atoms with Gasteiger partial charge in [0.2, 0.25) is 11.4 Å². The Labute approximate surface area is 213 Å². The zero-order chi connectivity index (χ0) is 26.3. The van der Waals surface area contributed by atoms with Crippen molar-refractivity contribution in [1.82, 2.24) is 0 Å². The highest BCUT2D eigenvalue weighted by molar-refractivity contribution is 6.26. The number of aliphatic hydroxyl groups is 1. The van der Waals surface area contributed by atoms with E-state index in [0.29, 0.717) is 6.42 Å². The van der Waals surface area contributed by atoms with Crippen molar-refractivity contribution in [3.63, 3.8) is 0 Å². The number of ketones is 1. The molecule has 7 nitrogen and oxygen atoms in total. The molecule has 1 aromatic heterocycles. The van der Waals surface area contributed by atoms with Crippen LogP contribution in [0.5, 0.6) is 0 Å². The van der Waals surface area contributed by atoms with Crippen molar-refractivity contribution < 1.29 is 37.8 Å². The molecule has 9 atom stereocenters. The first-order chi connectivity index (χ1) is 16.9. The van der Waals surface area contributed by atoms with Crippen molar-refractivity contribution in [3.05, 3.63) is 48.0 Å². The summed E-state index contributed by atoms with van der Waals surface area (Å²) in [6, 6.07) is 2.97. The molecule has 4 aliphatic carbocycles. The van der Waals surface area contributed by atoms with Crippen molar-refractivity contribution in [2.45, 2.75) is 62.8 Å². The number of ether oxygens (including phenoxy) is 2. The number of esters is 2. The maximum Gasteiger partial charge on any atom is 0.375 e. The molecule has 1 aromatic rings. The topological polar surface area (TPSA) is 103 Å². The summed E-state index contributed by atoms with van der Waals surface area (Å²) in [5.41, 5.74) is -3.72. The largest absolute Gasteiger partial charge is 0.466 e. The second-order valence-electron chi connectivity index (χ2n) is 11.1. The first-order valence-electron chi connectivity index (χ1n) is 12.2. The van der Waals surface area contributed by atoms with E-state index in [4.69, 9.17) is 25.5 Å². The van der Waals surface area contributed by atoms with E-state index < -0.39 is 57.4 Å². The Hall–Kier alpha value is -2.45. The Kier molecular flexibility index (Phi) is 5.62. The number of methoxy groups -OCH3 is 1. The van der Waals surface area contributed by atoms with Crippen molar-refractivity contribution >= 4 is 29.3 Å². The second-order valence-corrected chi connectivity index (χ2v) is 11.7. The van der Waals surface area contributed by atoms with E-state index in [1.54, 1.807) is 26.8 Å². The molecule has 194 valence electrons. The quantitative estimate of drug-likeness (QED) is 0.471. The molecule has 0 unspecified atom stereocenters. The number of hydrogen-bond donors (Lipinski definition) is 1. The lowest BCUT2D eigenvalue weighted by atomic mass is 9.45. The average Bonchev–Trinajstić information content (AvgIpc) is 3.44. The number of hydrogen-bond acceptors (Lipinski definition) is 7. The third kappa shape index (κ3) is 2.91. The van der Waals surface area contributed by atoms with Gasteiger partial charge in [-0.05, 0) is 61.0 Å². The molecule has 36 heavy (non-hydrogen) atoms. The molecule has 3 saturated carbocycles. The van der Waals surface area contributed by atoms with E-state index in [0.717, 1.165) is 0 Å². The molecule has 1 heterocycles. The molecule has 5 rings (SSSR count). The Morgan fingerprint density at radius 3 is 2.61 bits per heavy atom. The monoisotopic (exact) mass is 520 g/mol. The highest BCUT2D eigenvalue weighted by Crippen LogP contribution is 2.72. The van der Waals surface area contributed by atoms with E-state index in [9.17, 15) is 19.5 Å². The third-order valence-electron chi connectivity index (χ3n) is 9.63. The number of aliphatic hydroxyl groups excluding tert-OH is 1. The van der Waals surface area contributed by atoms with Gasteiger partial charge in [-0.1, -0.05) is 26.8 Å². The summed E-state index contributed by atoms with van der Waals surface area (Å²) in [5, 5.41) is 11.7. The van der Waals surface area contributed by atoms with Gasteiger partial charge in [-0.25, -0.2) is 14.0 Å². The van der Waals surface area contributed by atoms with Crippen molar-refractivity contribution in [3.8, 4) is 0 Å². The predicted octanol–water partition coefficient (Wildman–Crippen LogP) is 4.18. The number of fused-ring (bicyclic) bond motifs is 5. The Bertz CT molecular complexity index is 1180. The molecule has 0 bridgehead atoms. The van der Waals surface area contributed by atoms with Gasteiger partial charge < -0.3 is 19.0 Å². The third-order valence-corrected chi connectivity index (χ3v) is 10.6. The smallest absolute Gasteiger partial charge is 0.375 e. The average molecular weight is 521 g/mol. The number of furan rings is 1. The van der Waals surface area contributed by atoms with Crippen LogP contribution >= 0.6 is 11.6 Å². The molecular weight excluding hydrogens is 491 g/mol. The molecule has 9 heteroatoms. The van der Waals surface area contributed by atoms with Crippen LogP contribution in [-0.4, -0.2) is 52.7 Å². The maximum absolute atomic E-state index is 15.7. The van der Waals surface area contributed by atoms with E-state index in [1.807, 2.05) is 0 Å². The molecule has 0 spiro atoms. The van der Waals surface area contributed by atoms with Gasteiger partial charge in [0.15, 0.2) is 5.78 Å². The van der Waals surface area contributed by atoms with E-state index in [-0.39, 0.29) is 35.9 Å². The van der Waals surface area contributed by atoms with E-state index in [2.05, 4.69) is 0 Å². The van der Waals surface area contributed by atoms with Crippen LogP contribution in [0.4, 0.5) is 4.39 Å². The SMILES string of the molecule is COC(=O)[C@@]1(OC(=O)c2ccco2)[C@H](C)C[C@H]2[C@@H]3C[C@H](F)C4=CC(=O)C=C[C@]4(C)[C@@]3(Cl)[C@@H](O)C[C@@]21C. The predicted molar refractivity (Wildman–Crippen MR) is 127 cm³/mol. The number of alkyl halides is 2. The second kappa shape index (κ2) is 8.02. The van der Waals surface area contributed by atoms with Crippen LogP contribution in [0, 0.1) is 28.6 Å². The molecule has 0 aliphatic heterocycles. The number of halogens is 2. The molecule has 0 radical (unpaired) electrons. The summed E-state index contributed by atoms with van der Waals surface area (Å²) in [7, 11) is 1.22. The standard InChI is InChI=1S/C27H30ClFO7/c1-14-10-16-17-12-19(29)18-11-15(30)7-8-24(18,2)26(17,28)21(31)13-25(16,3)27(14,23(33)34-4)36-22(32)20-6-5-9-35-20/h5-9,11,14,16-17,19,21,31H,10,12-13H2,1-4H3/t14-,16+,17+,19+,21+,24+,25+,26+,27+/m1/s1. The van der Waals surface area contributed by atoms with Gasteiger partial charge in [0, 0.05) is 16.7 Å². The number of allylic oxidation sites excluding steroid dienone is 4. The Balaban J connectivity index is 1.64. The maximum atomic E-state index is 15.7. The fourth-order valence-electron chi connectivity index (χ4n) is 7.96. The van der Waals surface area contributed by atoms with Gasteiger partial charge in [-0.3, -0.25) is 4.79 Å². The summed E-state index contributed by atoms with van der Waals surface area (Å²) < 4.78 is 32.1. The van der Waals surface area contributed by atoms with Crippen molar-refractivity contribution in [2.75, 3.05) is 7.11 Å². The molecule has 0 amide bonds. The lowest BCUT2D eigenvalue weighted by Crippen LogP contribution is -2.70. The van der Waals surface area contributed by atoms with Crippen LogP contribution in [0.2, 0.25) is 0 Å². The summed E-state index contributed by atoms with van der Waals surface area (Å²) in [5.74, 6) is -3.44. The number of carbonyl (C=O) groups excluding carboxylic acids is 3. The minimum atomic E-state index is -1.75. The van der Waals surface area contributed by atoms with Crippen LogP contribution in [0.25, 0.3) is 0 Å². The van der Waals surface area contributed by atoms with Crippen LogP contribution in [-0.2, 0) is 19.1 Å². The summed E-state index contributed by atoms with van der Waals surface area (Å²) in [6.45, 7) is 5.33. The van der Waals surface area contributed by atoms with Crippen LogP contribution < -0.4 is 0 Å². The first-order valence-corrected chi connectivity index (χ1v) is 12.6. The van der Waals surface area contributed by atoms with Gasteiger partial charge in [-0.15, -0.1) is 11.6 Å². The summed E-state index contributed by atoms with van der Waals surface area (Å²) in [6.07, 6.45) is 3.29. The molecule has 4 aliphatic rings. The molecule has 1 N–H and O–H groups in total. The Morgan fingerprint density at radius 2 is 1.97 bits per heavy atom. The Morgan fingerprint density at radius 1 is 1.25 bits per heavy atom. The molecule has 0 saturated heterocycles. The van der Waals surface area contributed by atoms with Gasteiger partial charge in [-0.2, -0.15) is 0 Å². The van der Waals surface area contributed by atoms with Crippen LogP contribution in [0.3, 0.4) is 0 Å².